The second-order valence-electron chi connectivity index (χ2n) is 5.33. The molecule has 0 aromatic carbocycles. The van der Waals surface area contributed by atoms with Crippen molar-refractivity contribution in [1.29, 1.82) is 0 Å². The van der Waals surface area contributed by atoms with Crippen LogP contribution in [-0.4, -0.2) is 58.0 Å². The van der Waals surface area contributed by atoms with Crippen molar-refractivity contribution < 1.29 is 13.2 Å². The van der Waals surface area contributed by atoms with E-state index in [1.54, 1.807) is 13.1 Å². The van der Waals surface area contributed by atoms with E-state index in [9.17, 15) is 13.2 Å². The fraction of sp³-hybridized carbons (Fsp3) is 0.571. The molecule has 1 unspecified atom stereocenters. The molecule has 1 atom stereocenters. The van der Waals surface area contributed by atoms with Crippen molar-refractivity contribution in [1.82, 2.24) is 16.0 Å². The van der Waals surface area contributed by atoms with Gasteiger partial charge in [0.05, 0.1) is 16.4 Å². The molecule has 0 spiro atoms. The summed E-state index contributed by atoms with van der Waals surface area (Å²) in [6, 6.07) is 3.56. The van der Waals surface area contributed by atoms with E-state index in [1.807, 2.05) is 11.4 Å². The standard InChI is InChI=1S/C14H22N4O3S2/c1-15-14(18-11-5-9-23(20,21)10-11)17-7-3-6-16-13(19)12-4-2-8-22-12/h2,4,8,11H,3,5-7,9-10H2,1H3,(H,16,19)(H2,15,17,18). The molecular weight excluding hydrogens is 336 g/mol. The average Bonchev–Trinajstić information content (AvgIpc) is 3.15. The number of sulfone groups is 1. The highest BCUT2D eigenvalue weighted by atomic mass is 32.2. The van der Waals surface area contributed by atoms with Gasteiger partial charge >= 0.3 is 0 Å². The van der Waals surface area contributed by atoms with Gasteiger partial charge in [-0.3, -0.25) is 9.79 Å². The van der Waals surface area contributed by atoms with E-state index in [4.69, 9.17) is 0 Å². The molecule has 1 aromatic rings. The third-order valence-corrected chi connectivity index (χ3v) is 6.11. The van der Waals surface area contributed by atoms with E-state index in [0.717, 1.165) is 6.42 Å². The monoisotopic (exact) mass is 358 g/mol. The van der Waals surface area contributed by atoms with Gasteiger partial charge in [-0.05, 0) is 24.3 Å². The molecule has 0 radical (unpaired) electrons. The van der Waals surface area contributed by atoms with Gasteiger partial charge in [0, 0.05) is 26.2 Å². The van der Waals surface area contributed by atoms with Gasteiger partial charge in [0.25, 0.3) is 5.91 Å². The van der Waals surface area contributed by atoms with Gasteiger partial charge in [0.15, 0.2) is 15.8 Å². The van der Waals surface area contributed by atoms with Crippen LogP contribution in [0, 0.1) is 0 Å². The van der Waals surface area contributed by atoms with Gasteiger partial charge in [-0.1, -0.05) is 6.07 Å². The number of amides is 1. The molecule has 0 bridgehead atoms. The Labute approximate surface area is 140 Å². The Balaban J connectivity index is 1.62. The predicted octanol–water partition coefficient (Wildman–Crippen LogP) is 0.220. The minimum Gasteiger partial charge on any atom is -0.356 e. The van der Waals surface area contributed by atoms with Crippen molar-refractivity contribution in [3.63, 3.8) is 0 Å². The molecule has 1 aliphatic rings. The molecule has 0 saturated carbocycles. The summed E-state index contributed by atoms with van der Waals surface area (Å²) >= 11 is 1.41. The quantitative estimate of drug-likeness (QED) is 0.384. The van der Waals surface area contributed by atoms with Gasteiger partial charge < -0.3 is 16.0 Å². The number of carbonyl (C=O) groups is 1. The number of rotatable bonds is 6. The van der Waals surface area contributed by atoms with E-state index in [2.05, 4.69) is 20.9 Å². The zero-order chi connectivity index (χ0) is 16.7. The van der Waals surface area contributed by atoms with E-state index in [1.165, 1.54) is 11.3 Å². The second-order valence-corrected chi connectivity index (χ2v) is 8.51. The van der Waals surface area contributed by atoms with Crippen molar-refractivity contribution in [3.05, 3.63) is 22.4 Å². The van der Waals surface area contributed by atoms with Crippen molar-refractivity contribution in [2.45, 2.75) is 18.9 Å². The lowest BCUT2D eigenvalue weighted by atomic mass is 10.3. The van der Waals surface area contributed by atoms with Crippen LogP contribution in [0.1, 0.15) is 22.5 Å². The van der Waals surface area contributed by atoms with Crippen molar-refractivity contribution in [3.8, 4) is 0 Å². The van der Waals surface area contributed by atoms with Gasteiger partial charge in [0.1, 0.15) is 0 Å². The van der Waals surface area contributed by atoms with Crippen LogP contribution in [0.15, 0.2) is 22.5 Å². The number of nitrogens with zero attached hydrogens (tertiary/aromatic N) is 1. The van der Waals surface area contributed by atoms with Crippen LogP contribution in [0.3, 0.4) is 0 Å². The molecule has 9 heteroatoms. The molecule has 128 valence electrons. The zero-order valence-corrected chi connectivity index (χ0v) is 14.7. The number of nitrogens with one attached hydrogen (secondary N) is 3. The van der Waals surface area contributed by atoms with Crippen LogP contribution in [0.2, 0.25) is 0 Å². The number of hydrogen-bond acceptors (Lipinski definition) is 5. The fourth-order valence-electron chi connectivity index (χ4n) is 2.29. The Morgan fingerprint density at radius 3 is 2.78 bits per heavy atom. The molecule has 7 nitrogen and oxygen atoms in total. The molecule has 23 heavy (non-hydrogen) atoms. The smallest absolute Gasteiger partial charge is 0.261 e. The first kappa shape index (κ1) is 17.7. The van der Waals surface area contributed by atoms with E-state index >= 15 is 0 Å². The van der Waals surface area contributed by atoms with E-state index in [-0.39, 0.29) is 23.5 Å². The van der Waals surface area contributed by atoms with Crippen molar-refractivity contribution in [2.24, 2.45) is 4.99 Å². The molecule has 1 amide bonds. The summed E-state index contributed by atoms with van der Waals surface area (Å²) < 4.78 is 22.9. The molecule has 1 aliphatic heterocycles. The van der Waals surface area contributed by atoms with Crippen molar-refractivity contribution in [2.75, 3.05) is 31.6 Å². The number of aliphatic imine (C=N–C) groups is 1. The summed E-state index contributed by atoms with van der Waals surface area (Å²) in [5.74, 6) is 0.927. The molecular formula is C14H22N4O3S2. The van der Waals surface area contributed by atoms with Gasteiger partial charge in [-0.2, -0.15) is 0 Å². The van der Waals surface area contributed by atoms with Gasteiger partial charge in [-0.15, -0.1) is 11.3 Å². The van der Waals surface area contributed by atoms with E-state index < -0.39 is 9.84 Å². The fourth-order valence-corrected chi connectivity index (χ4v) is 4.60. The van der Waals surface area contributed by atoms with Crippen molar-refractivity contribution >= 4 is 33.0 Å². The first-order chi connectivity index (χ1) is 11.0. The minimum atomic E-state index is -2.90. The summed E-state index contributed by atoms with van der Waals surface area (Å²) in [7, 11) is -1.25. The Morgan fingerprint density at radius 1 is 1.39 bits per heavy atom. The first-order valence-electron chi connectivity index (χ1n) is 7.49. The van der Waals surface area contributed by atoms with Crippen LogP contribution in [0.4, 0.5) is 0 Å². The maximum absolute atomic E-state index is 11.7. The number of thiophene rings is 1. The molecule has 3 N–H and O–H groups in total. The molecule has 2 heterocycles. The molecule has 1 aromatic heterocycles. The lowest BCUT2D eigenvalue weighted by Crippen LogP contribution is -2.44. The normalized spacial score (nSPS) is 20.2. The van der Waals surface area contributed by atoms with Crippen LogP contribution in [0.5, 0.6) is 0 Å². The number of hydrogen-bond donors (Lipinski definition) is 3. The Hall–Kier alpha value is -1.61. The number of guanidine groups is 1. The highest BCUT2D eigenvalue weighted by Gasteiger charge is 2.28. The highest BCUT2D eigenvalue weighted by molar-refractivity contribution is 7.91. The Morgan fingerprint density at radius 2 is 2.17 bits per heavy atom. The summed E-state index contributed by atoms with van der Waals surface area (Å²) in [6.07, 6.45) is 1.36. The first-order valence-corrected chi connectivity index (χ1v) is 10.2. The van der Waals surface area contributed by atoms with Crippen LogP contribution in [-0.2, 0) is 9.84 Å². The zero-order valence-electron chi connectivity index (χ0n) is 13.0. The van der Waals surface area contributed by atoms with Crippen LogP contribution >= 0.6 is 11.3 Å². The average molecular weight is 358 g/mol. The van der Waals surface area contributed by atoms with Crippen LogP contribution in [0.25, 0.3) is 0 Å². The minimum absolute atomic E-state index is 0.0568. The lowest BCUT2D eigenvalue weighted by molar-refractivity contribution is 0.0957. The largest absolute Gasteiger partial charge is 0.356 e. The van der Waals surface area contributed by atoms with Gasteiger partial charge in [0.2, 0.25) is 0 Å². The summed E-state index contributed by atoms with van der Waals surface area (Å²) in [5.41, 5.74) is 0. The summed E-state index contributed by atoms with van der Waals surface area (Å²) in [5, 5.41) is 11.0. The third-order valence-electron chi connectivity index (χ3n) is 3.47. The summed E-state index contributed by atoms with van der Waals surface area (Å²) in [6.45, 7) is 1.21. The van der Waals surface area contributed by atoms with E-state index in [0.29, 0.717) is 30.3 Å². The number of carbonyl (C=O) groups excluding carboxylic acids is 1. The molecule has 0 aliphatic carbocycles. The molecule has 1 fully saturated rings. The Bertz CT molecular complexity index is 641. The maximum Gasteiger partial charge on any atom is 0.261 e. The SMILES string of the molecule is CN=C(NCCCNC(=O)c1cccs1)NC1CCS(=O)(=O)C1. The third kappa shape index (κ3) is 5.83. The molecule has 2 rings (SSSR count). The molecule has 1 saturated heterocycles. The lowest BCUT2D eigenvalue weighted by Gasteiger charge is -2.16. The topological polar surface area (TPSA) is 99.7 Å². The second kappa shape index (κ2) is 8.30. The maximum atomic E-state index is 11.7. The predicted molar refractivity (Wildman–Crippen MR) is 92.8 cm³/mol. The summed E-state index contributed by atoms with van der Waals surface area (Å²) in [4.78, 5) is 16.5. The van der Waals surface area contributed by atoms with Gasteiger partial charge in [-0.25, -0.2) is 8.42 Å². The Kier molecular flexibility index (Phi) is 6.40. The van der Waals surface area contributed by atoms with Crippen LogP contribution < -0.4 is 16.0 Å². The highest BCUT2D eigenvalue weighted by Crippen LogP contribution is 2.11.